The van der Waals surface area contributed by atoms with Crippen LogP contribution in [0.2, 0.25) is 0 Å². The topological polar surface area (TPSA) is 47.3 Å². The third kappa shape index (κ3) is 1.37. The average Bonchev–Trinajstić information content (AvgIpc) is 2.49. The molecule has 0 unspecified atom stereocenters. The zero-order valence-electron chi connectivity index (χ0n) is 9.77. The third-order valence-electron chi connectivity index (χ3n) is 3.12. The van der Waals surface area contributed by atoms with Crippen molar-refractivity contribution in [3.63, 3.8) is 0 Å². The summed E-state index contributed by atoms with van der Waals surface area (Å²) < 4.78 is 5.19. The van der Waals surface area contributed by atoms with Gasteiger partial charge in [-0.25, -0.2) is 4.79 Å². The molecule has 1 aromatic rings. The normalized spacial score (nSPS) is 10.9. The molecule has 0 amide bonds. The van der Waals surface area contributed by atoms with Crippen LogP contribution in [0, 0.1) is 6.92 Å². The Balaban J connectivity index is 2.65. The molecule has 0 atom stereocenters. The Morgan fingerprint density at radius 3 is 2.56 bits per heavy atom. The van der Waals surface area contributed by atoms with E-state index in [-0.39, 0.29) is 0 Å². The summed E-state index contributed by atoms with van der Waals surface area (Å²) in [5.41, 5.74) is 2.96. The molecule has 1 heterocycles. The maximum Gasteiger partial charge on any atom is 0.336 e. The molecule has 2 aliphatic rings. The van der Waals surface area contributed by atoms with Crippen molar-refractivity contribution in [2.45, 2.75) is 6.92 Å². The maximum atomic E-state index is 11.4. The van der Waals surface area contributed by atoms with E-state index in [1.165, 1.54) is 6.07 Å². The van der Waals surface area contributed by atoms with Gasteiger partial charge in [-0.1, -0.05) is 30.3 Å². The summed E-state index contributed by atoms with van der Waals surface area (Å²) in [5, 5.41) is 0.836. The second kappa shape index (κ2) is 3.81. The van der Waals surface area contributed by atoms with Crippen LogP contribution in [0.3, 0.4) is 0 Å². The summed E-state index contributed by atoms with van der Waals surface area (Å²) in [6.07, 6.45) is 0.743. The average molecular weight is 238 g/mol. The van der Waals surface area contributed by atoms with E-state index in [4.69, 9.17) is 4.42 Å². The summed E-state index contributed by atoms with van der Waals surface area (Å²) in [7, 11) is 0. The van der Waals surface area contributed by atoms with Crippen molar-refractivity contribution in [2.24, 2.45) is 0 Å². The molecular weight excluding hydrogens is 228 g/mol. The molecule has 1 aromatic heterocycles. The number of aryl methyl sites for hydroxylation is 1. The molecule has 0 saturated heterocycles. The Bertz CT molecular complexity index is 784. The van der Waals surface area contributed by atoms with Crippen molar-refractivity contribution in [1.82, 2.24) is 0 Å². The van der Waals surface area contributed by atoms with E-state index in [0.29, 0.717) is 11.1 Å². The number of hydrogen-bond acceptors (Lipinski definition) is 3. The summed E-state index contributed by atoms with van der Waals surface area (Å²) in [4.78, 5) is 22.7. The molecule has 0 aromatic carbocycles. The Hall–Kier alpha value is -2.42. The first kappa shape index (κ1) is 10.7. The number of carbonyl (C=O) groups excluding carboxylic acids is 1. The lowest BCUT2D eigenvalue weighted by Crippen LogP contribution is -1.97. The van der Waals surface area contributed by atoms with E-state index in [2.05, 4.69) is 0 Å². The fourth-order valence-electron chi connectivity index (χ4n) is 2.37. The predicted molar refractivity (Wildman–Crippen MR) is 69.2 cm³/mol. The van der Waals surface area contributed by atoms with Crippen LogP contribution in [0.15, 0.2) is 45.6 Å². The molecular formula is C15H10O3. The minimum absolute atomic E-state index is 0.385. The maximum absolute atomic E-state index is 11.4. The van der Waals surface area contributed by atoms with Crippen LogP contribution in [-0.4, -0.2) is 6.29 Å². The van der Waals surface area contributed by atoms with Crippen molar-refractivity contribution in [1.29, 1.82) is 0 Å². The van der Waals surface area contributed by atoms with Crippen LogP contribution in [0.1, 0.15) is 15.9 Å². The zero-order valence-corrected chi connectivity index (χ0v) is 9.77. The Morgan fingerprint density at radius 2 is 1.83 bits per heavy atom. The van der Waals surface area contributed by atoms with Gasteiger partial charge in [-0.15, -0.1) is 0 Å². The number of fused-ring (bicyclic) bond motifs is 3. The molecule has 0 saturated carbocycles. The molecule has 0 N–H and O–H groups in total. The fraction of sp³-hybridized carbons (Fsp3) is 0.0667. The van der Waals surface area contributed by atoms with Crippen molar-refractivity contribution < 1.29 is 9.21 Å². The minimum atomic E-state index is -0.428. The quantitative estimate of drug-likeness (QED) is 0.612. The van der Waals surface area contributed by atoms with E-state index in [0.717, 1.165) is 28.4 Å². The second-order valence-corrected chi connectivity index (χ2v) is 4.22. The second-order valence-electron chi connectivity index (χ2n) is 4.22. The number of aldehydes is 1. The van der Waals surface area contributed by atoms with E-state index in [1.807, 2.05) is 37.3 Å². The predicted octanol–water partition coefficient (Wildman–Crippen LogP) is 3.02. The Kier molecular flexibility index (Phi) is 2.27. The van der Waals surface area contributed by atoms with Crippen molar-refractivity contribution in [3.05, 3.63) is 57.9 Å². The van der Waals surface area contributed by atoms with E-state index < -0.39 is 5.63 Å². The van der Waals surface area contributed by atoms with Gasteiger partial charge in [-0.3, -0.25) is 4.79 Å². The van der Waals surface area contributed by atoms with Crippen LogP contribution < -0.4 is 5.63 Å². The van der Waals surface area contributed by atoms with E-state index in [9.17, 15) is 9.59 Å². The summed E-state index contributed by atoms with van der Waals surface area (Å²) in [6.45, 7) is 1.85. The molecule has 0 bridgehead atoms. The molecule has 88 valence electrons. The van der Waals surface area contributed by atoms with Crippen molar-refractivity contribution >= 4 is 17.3 Å². The first-order chi connectivity index (χ1) is 8.72. The first-order valence-corrected chi connectivity index (χ1v) is 5.62. The van der Waals surface area contributed by atoms with Crippen LogP contribution in [-0.2, 0) is 0 Å². The Morgan fingerprint density at radius 1 is 1.11 bits per heavy atom. The standard InChI is InChI=1S/C15H10O3/c1-9-7-13(17)18-15-12(8-16)10-5-3-2-4-6-11(10)14(9)15/h2-8H,1H3. The summed E-state index contributed by atoms with van der Waals surface area (Å²) in [6, 6.07) is 10.9. The van der Waals surface area contributed by atoms with Crippen LogP contribution in [0.4, 0.5) is 0 Å². The van der Waals surface area contributed by atoms with Gasteiger partial charge < -0.3 is 4.42 Å². The van der Waals surface area contributed by atoms with Gasteiger partial charge in [0.15, 0.2) is 6.29 Å². The molecule has 2 aliphatic carbocycles. The van der Waals surface area contributed by atoms with Gasteiger partial charge in [0.05, 0.1) is 5.56 Å². The van der Waals surface area contributed by atoms with Gasteiger partial charge in [-0.05, 0) is 23.6 Å². The molecule has 0 aliphatic heterocycles. The van der Waals surface area contributed by atoms with Crippen LogP contribution in [0.25, 0.3) is 22.1 Å². The Labute approximate surface area is 103 Å². The van der Waals surface area contributed by atoms with Crippen LogP contribution in [0.5, 0.6) is 0 Å². The van der Waals surface area contributed by atoms with Gasteiger partial charge in [0, 0.05) is 11.5 Å². The molecule has 3 rings (SSSR count). The van der Waals surface area contributed by atoms with E-state index in [1.54, 1.807) is 0 Å². The van der Waals surface area contributed by atoms with Gasteiger partial charge in [0.1, 0.15) is 5.58 Å². The lowest BCUT2D eigenvalue weighted by Gasteiger charge is -1.96. The SMILES string of the molecule is Cc1cc(=O)oc2c(C=O)c3cccccc-3c12. The highest BCUT2D eigenvalue weighted by molar-refractivity contribution is 6.12. The summed E-state index contributed by atoms with van der Waals surface area (Å²) in [5.74, 6) is 0. The lowest BCUT2D eigenvalue weighted by molar-refractivity contribution is 0.112. The van der Waals surface area contributed by atoms with Crippen molar-refractivity contribution in [2.75, 3.05) is 0 Å². The number of rotatable bonds is 1. The molecule has 3 heteroatoms. The van der Waals surface area contributed by atoms with Crippen molar-refractivity contribution in [3.8, 4) is 11.1 Å². The van der Waals surface area contributed by atoms with E-state index >= 15 is 0 Å². The molecule has 3 nitrogen and oxygen atoms in total. The number of carbonyl (C=O) groups is 1. The van der Waals surface area contributed by atoms with Gasteiger partial charge in [0.25, 0.3) is 0 Å². The number of hydrogen-bond donors (Lipinski definition) is 0. The van der Waals surface area contributed by atoms with Crippen LogP contribution >= 0.6 is 0 Å². The molecule has 0 fully saturated rings. The molecule has 0 radical (unpaired) electrons. The van der Waals surface area contributed by atoms with Gasteiger partial charge in [0.2, 0.25) is 0 Å². The molecule has 18 heavy (non-hydrogen) atoms. The fourth-order valence-corrected chi connectivity index (χ4v) is 2.37. The van der Waals surface area contributed by atoms with Gasteiger partial charge >= 0.3 is 5.63 Å². The smallest absolute Gasteiger partial charge is 0.336 e. The van der Waals surface area contributed by atoms with Gasteiger partial charge in [-0.2, -0.15) is 0 Å². The highest BCUT2D eigenvalue weighted by Crippen LogP contribution is 2.38. The summed E-state index contributed by atoms with van der Waals surface area (Å²) >= 11 is 0. The monoisotopic (exact) mass is 238 g/mol. The third-order valence-corrected chi connectivity index (χ3v) is 3.12. The molecule has 0 spiro atoms. The largest absolute Gasteiger partial charge is 0.422 e. The zero-order chi connectivity index (χ0) is 12.7. The minimum Gasteiger partial charge on any atom is -0.422 e. The highest BCUT2D eigenvalue weighted by atomic mass is 16.4. The highest BCUT2D eigenvalue weighted by Gasteiger charge is 2.20. The lowest BCUT2D eigenvalue weighted by atomic mass is 10.1. The first-order valence-electron chi connectivity index (χ1n) is 5.62.